The van der Waals surface area contributed by atoms with Crippen LogP contribution < -0.4 is 9.64 Å². The lowest BCUT2D eigenvalue weighted by atomic mass is 9.47. The van der Waals surface area contributed by atoms with Crippen molar-refractivity contribution in [3.8, 4) is 11.5 Å². The number of ether oxygens (including phenoxy) is 4. The zero-order chi connectivity index (χ0) is 42.7. The average molecular weight is 827 g/mol. The third-order valence-corrected chi connectivity index (χ3v) is 15.7. The van der Waals surface area contributed by atoms with E-state index < -0.39 is 63.5 Å². The normalized spacial score (nSPS) is 36.5. The highest BCUT2D eigenvalue weighted by atomic mass is 16.6. The van der Waals surface area contributed by atoms with E-state index in [-0.39, 0.29) is 29.4 Å². The Morgan fingerprint density at radius 1 is 0.967 bits per heavy atom. The molecule has 10 atom stereocenters. The van der Waals surface area contributed by atoms with Gasteiger partial charge in [0, 0.05) is 90.9 Å². The Labute approximate surface area is 350 Å². The molecule has 6 aliphatic rings. The van der Waals surface area contributed by atoms with E-state index in [1.165, 1.54) is 28.3 Å². The summed E-state index contributed by atoms with van der Waals surface area (Å²) in [5.41, 5.74) is -3.82. The molecule has 1 saturated carbocycles. The number of aromatic hydroxyl groups is 1. The molecule has 4 N–H and O–H groups in total. The fourth-order valence-corrected chi connectivity index (χ4v) is 13.7. The van der Waals surface area contributed by atoms with Crippen LogP contribution in [0.3, 0.4) is 0 Å². The molecule has 1 spiro atoms. The number of H-pyrrole nitrogens is 1. The van der Waals surface area contributed by atoms with Crippen LogP contribution in [0.25, 0.3) is 10.9 Å². The number of benzene rings is 2. The van der Waals surface area contributed by atoms with Gasteiger partial charge in [0.25, 0.3) is 0 Å². The molecule has 5 aliphatic heterocycles. The molecule has 3 aromatic rings. The summed E-state index contributed by atoms with van der Waals surface area (Å²) < 4.78 is 23.7. The van der Waals surface area contributed by atoms with Gasteiger partial charge in [-0.05, 0) is 62.6 Å². The van der Waals surface area contributed by atoms with E-state index >= 15 is 4.79 Å². The van der Waals surface area contributed by atoms with E-state index in [0.717, 1.165) is 16.5 Å². The summed E-state index contributed by atoms with van der Waals surface area (Å²) >= 11 is 0. The van der Waals surface area contributed by atoms with Crippen LogP contribution in [0.4, 0.5) is 5.69 Å². The molecule has 322 valence electrons. The van der Waals surface area contributed by atoms with Crippen LogP contribution in [0.15, 0.2) is 42.5 Å². The number of carbonyl (C=O) groups is 3. The van der Waals surface area contributed by atoms with Crippen molar-refractivity contribution < 1.29 is 48.7 Å². The molecule has 1 aliphatic carbocycles. The molecule has 3 fully saturated rings. The van der Waals surface area contributed by atoms with Gasteiger partial charge in [0.2, 0.25) is 5.60 Å². The van der Waals surface area contributed by atoms with Gasteiger partial charge >= 0.3 is 17.9 Å². The smallest absolute Gasteiger partial charge is 0.344 e. The molecule has 10 unspecified atom stereocenters. The Bertz CT molecular complexity index is 2310. The fourth-order valence-electron chi connectivity index (χ4n) is 13.7. The Kier molecular flexibility index (Phi) is 9.48. The summed E-state index contributed by atoms with van der Waals surface area (Å²) in [7, 11) is 5.84. The lowest BCUT2D eigenvalue weighted by molar-refractivity contribution is -0.228. The van der Waals surface area contributed by atoms with Gasteiger partial charge in [-0.1, -0.05) is 44.2 Å². The topological polar surface area (TPSA) is 174 Å². The number of rotatable bonds is 7. The number of aliphatic hydroxyl groups is 2. The van der Waals surface area contributed by atoms with E-state index in [1.54, 1.807) is 18.0 Å². The number of nitrogens with one attached hydrogen (secondary N) is 1. The lowest BCUT2D eigenvalue weighted by Gasteiger charge is -2.63. The summed E-state index contributed by atoms with van der Waals surface area (Å²) in [4.78, 5) is 52.9. The van der Waals surface area contributed by atoms with Crippen LogP contribution in [0.5, 0.6) is 11.5 Å². The van der Waals surface area contributed by atoms with Gasteiger partial charge in [-0.25, -0.2) is 4.79 Å². The first-order valence-electron chi connectivity index (χ1n) is 21.4. The van der Waals surface area contributed by atoms with Gasteiger partial charge in [0.1, 0.15) is 16.9 Å². The molecule has 0 amide bonds. The van der Waals surface area contributed by atoms with Gasteiger partial charge in [0.05, 0.1) is 38.5 Å². The Balaban J connectivity index is 1.39. The lowest BCUT2D eigenvalue weighted by Crippen LogP contribution is -2.81. The van der Waals surface area contributed by atoms with Crippen molar-refractivity contribution in [3.63, 3.8) is 0 Å². The number of para-hydroxylation sites is 1. The maximum Gasteiger partial charge on any atom is 0.344 e. The van der Waals surface area contributed by atoms with E-state index in [2.05, 4.69) is 14.8 Å². The van der Waals surface area contributed by atoms with Gasteiger partial charge in [0.15, 0.2) is 6.10 Å². The number of phenols is 1. The van der Waals surface area contributed by atoms with Crippen LogP contribution in [-0.4, -0.2) is 139 Å². The summed E-state index contributed by atoms with van der Waals surface area (Å²) in [5.74, 6) is -2.38. The first-order valence-corrected chi connectivity index (χ1v) is 21.4. The van der Waals surface area contributed by atoms with E-state index in [0.29, 0.717) is 81.8 Å². The number of aromatic nitrogens is 1. The minimum atomic E-state index is -2.42. The van der Waals surface area contributed by atoms with Crippen LogP contribution in [0.1, 0.15) is 75.3 Å². The molecule has 2 saturated heterocycles. The van der Waals surface area contributed by atoms with Crippen LogP contribution in [0, 0.1) is 11.3 Å². The summed E-state index contributed by atoms with van der Waals surface area (Å²) in [6.07, 6.45) is 5.11. The van der Waals surface area contributed by atoms with E-state index in [9.17, 15) is 24.9 Å². The standard InChI is InChI=1S/C46H58N4O10/c1-8-42(55)22-27-23-45(40(53)58-6,36-29(15-19-49(24-27)25-42)28-13-10-11-14-30(28)47-36)34-32(57-5)21-31-33(35(34)52)44-17-20-50-18-12-16-43(9-2,37(44)50)39(60-26(3)51)46(56,41(54)59-7)38(44)48(31)4/h10-14,16,21,27,37-39,47,52,55-56H,8-9,15,17-20,22-25H2,1-7H3. The highest BCUT2D eigenvalue weighted by Crippen LogP contribution is 2.70. The van der Waals surface area contributed by atoms with E-state index in [4.69, 9.17) is 18.9 Å². The number of nitrogens with zero attached hydrogens (tertiary/aromatic N) is 3. The van der Waals surface area contributed by atoms with Gasteiger partial charge < -0.3 is 44.2 Å². The number of esters is 3. The van der Waals surface area contributed by atoms with Crippen molar-refractivity contribution >= 4 is 34.5 Å². The number of hydrogen-bond donors (Lipinski definition) is 4. The van der Waals surface area contributed by atoms with Gasteiger partial charge in [-0.15, -0.1) is 0 Å². The summed E-state index contributed by atoms with van der Waals surface area (Å²) in [5, 5.41) is 39.9. The van der Waals surface area contributed by atoms with Crippen molar-refractivity contribution in [2.45, 2.75) is 99.5 Å². The SMILES string of the molecule is CCC1(O)CC2CN(CCc3c([nH]c4ccccc34)C(C(=O)OC)(c3c(OC)cc4c(c3O)C35CCN6CC=CC(CC)(C(OC(C)=O)C(O)(C(=O)OC)C3N4C)C65)C2)C1. The number of phenolic OH excluding ortho intramolecular Hbond substituents is 1. The van der Waals surface area contributed by atoms with Crippen molar-refractivity contribution in [1.29, 1.82) is 0 Å². The number of methoxy groups -OCH3 is 3. The first-order chi connectivity index (χ1) is 28.6. The summed E-state index contributed by atoms with van der Waals surface area (Å²) in [6.45, 7) is 8.11. The minimum Gasteiger partial charge on any atom is -0.507 e. The maximum absolute atomic E-state index is 15.4. The quantitative estimate of drug-likeness (QED) is 0.155. The molecule has 9 rings (SSSR count). The zero-order valence-corrected chi connectivity index (χ0v) is 35.7. The molecule has 14 nitrogen and oxygen atoms in total. The maximum atomic E-state index is 15.4. The molecule has 2 aromatic carbocycles. The molecular formula is C46H58N4O10. The second-order valence-electron chi connectivity index (χ2n) is 18.3. The van der Waals surface area contributed by atoms with Crippen molar-refractivity contribution in [2.75, 3.05) is 66.0 Å². The molecule has 60 heavy (non-hydrogen) atoms. The molecule has 1 aromatic heterocycles. The Morgan fingerprint density at radius 2 is 1.72 bits per heavy atom. The number of fused-ring (bicyclic) bond motifs is 6. The molecule has 2 bridgehead atoms. The van der Waals surface area contributed by atoms with Crippen LogP contribution in [-0.2, 0) is 45.8 Å². The van der Waals surface area contributed by atoms with E-state index in [1.807, 2.05) is 50.3 Å². The Hall–Kier alpha value is -4.63. The number of anilines is 1. The largest absolute Gasteiger partial charge is 0.507 e. The monoisotopic (exact) mass is 826 g/mol. The second-order valence-corrected chi connectivity index (χ2v) is 18.3. The molecule has 6 heterocycles. The van der Waals surface area contributed by atoms with Crippen molar-refractivity contribution in [2.24, 2.45) is 11.3 Å². The fraction of sp³-hybridized carbons (Fsp3) is 0.587. The molecule has 0 radical (unpaired) electrons. The Morgan fingerprint density at radius 3 is 2.40 bits per heavy atom. The molecular weight excluding hydrogens is 769 g/mol. The van der Waals surface area contributed by atoms with Gasteiger partial charge in [-0.3, -0.25) is 19.4 Å². The van der Waals surface area contributed by atoms with Crippen LogP contribution in [0.2, 0.25) is 0 Å². The third kappa shape index (κ3) is 5.10. The number of aromatic amines is 1. The van der Waals surface area contributed by atoms with Crippen molar-refractivity contribution in [1.82, 2.24) is 14.8 Å². The number of carbonyl (C=O) groups excluding carboxylic acids is 3. The van der Waals surface area contributed by atoms with Crippen molar-refractivity contribution in [3.05, 3.63) is 64.9 Å². The number of piperidine rings is 1. The highest BCUT2D eigenvalue weighted by Gasteiger charge is 2.81. The third-order valence-electron chi connectivity index (χ3n) is 15.7. The highest BCUT2D eigenvalue weighted by molar-refractivity contribution is 5.96. The predicted octanol–water partition coefficient (Wildman–Crippen LogP) is 3.70. The zero-order valence-electron chi connectivity index (χ0n) is 35.7. The number of hydrogen-bond acceptors (Lipinski definition) is 13. The number of likely N-dealkylation sites (N-methyl/N-ethyl adjacent to an activating group) is 1. The second kappa shape index (κ2) is 13.9. The minimum absolute atomic E-state index is 0.172. The van der Waals surface area contributed by atoms with Crippen LogP contribution >= 0.6 is 0 Å². The van der Waals surface area contributed by atoms with Gasteiger partial charge in [-0.2, -0.15) is 0 Å². The predicted molar refractivity (Wildman–Crippen MR) is 222 cm³/mol. The molecule has 14 heteroatoms. The average Bonchev–Trinajstić information content (AvgIpc) is 3.90. The summed E-state index contributed by atoms with van der Waals surface area (Å²) in [6, 6.07) is 8.18. The first kappa shape index (κ1) is 40.8.